The molecule has 0 bridgehead atoms. The van der Waals surface area contributed by atoms with Gasteiger partial charge in [-0.15, -0.1) is 0 Å². The Labute approximate surface area is 127 Å². The van der Waals surface area contributed by atoms with E-state index < -0.39 is 37.3 Å². The summed E-state index contributed by atoms with van der Waals surface area (Å²) in [6.45, 7) is 5.29. The van der Waals surface area contributed by atoms with Crippen LogP contribution in [0, 0.1) is 0 Å². The molecule has 6 heteroatoms. The maximum absolute atomic E-state index is 10.3. The summed E-state index contributed by atoms with van der Waals surface area (Å²) in [7, 11) is 0. The normalized spacial score (nSPS) is 33.6. The topological polar surface area (TPSA) is 93.4 Å². The van der Waals surface area contributed by atoms with Gasteiger partial charge < -0.3 is 25.2 Å². The predicted octanol–water partition coefficient (Wildman–Crippen LogP) is 0.0786. The summed E-state index contributed by atoms with van der Waals surface area (Å²) >= 11 is 0. The van der Waals surface area contributed by atoms with Crippen molar-refractivity contribution in [1.82, 2.24) is 4.90 Å². The van der Waals surface area contributed by atoms with Crippen LogP contribution in [0.5, 0.6) is 0 Å². The fraction of sp³-hybridized carbons (Fsp3) is 1.00. The fourth-order valence-corrected chi connectivity index (χ4v) is 2.81. The van der Waals surface area contributed by atoms with Crippen LogP contribution in [0.3, 0.4) is 0 Å². The lowest BCUT2D eigenvalue weighted by atomic mass is 9.95. The second kappa shape index (κ2) is 9.71. The summed E-state index contributed by atoms with van der Waals surface area (Å²) < 4.78 is 5.25. The van der Waals surface area contributed by atoms with Crippen molar-refractivity contribution in [2.24, 2.45) is 0 Å². The highest BCUT2D eigenvalue weighted by Gasteiger charge is 2.45. The number of unbranched alkanes of at least 4 members (excludes halogenated alkanes) is 3. The molecule has 0 saturated carbocycles. The second-order valence-electron chi connectivity index (χ2n) is 5.82. The molecule has 0 aliphatic carbocycles. The molecule has 5 atom stereocenters. The molecule has 1 heterocycles. The molecule has 0 aromatic heterocycles. The lowest BCUT2D eigenvalue weighted by molar-refractivity contribution is -0.272. The molecule has 1 fully saturated rings. The first-order valence-electron chi connectivity index (χ1n) is 8.11. The zero-order valence-electron chi connectivity index (χ0n) is 13.2. The Bertz CT molecular complexity index is 279. The first-order chi connectivity index (χ1) is 10.1. The van der Waals surface area contributed by atoms with Crippen LogP contribution in [-0.2, 0) is 4.74 Å². The molecule has 126 valence electrons. The average molecular weight is 305 g/mol. The van der Waals surface area contributed by atoms with Gasteiger partial charge in [0.2, 0.25) is 0 Å². The van der Waals surface area contributed by atoms with Crippen LogP contribution in [0.25, 0.3) is 0 Å². The quantitative estimate of drug-likeness (QED) is 0.451. The van der Waals surface area contributed by atoms with Crippen LogP contribution < -0.4 is 0 Å². The van der Waals surface area contributed by atoms with Crippen LogP contribution in [0.4, 0.5) is 0 Å². The lowest BCUT2D eigenvalue weighted by Gasteiger charge is -2.45. The van der Waals surface area contributed by atoms with Crippen LogP contribution in [0.1, 0.15) is 46.0 Å². The first-order valence-corrected chi connectivity index (χ1v) is 8.11. The number of aliphatic hydroxyl groups excluding tert-OH is 4. The maximum atomic E-state index is 10.3. The van der Waals surface area contributed by atoms with E-state index >= 15 is 0 Å². The summed E-state index contributed by atoms with van der Waals surface area (Å²) in [5.74, 6) is 0. The summed E-state index contributed by atoms with van der Waals surface area (Å²) in [5, 5.41) is 39.5. The predicted molar refractivity (Wildman–Crippen MR) is 79.8 cm³/mol. The van der Waals surface area contributed by atoms with Crippen molar-refractivity contribution < 1.29 is 25.2 Å². The van der Waals surface area contributed by atoms with Crippen molar-refractivity contribution in [3.8, 4) is 0 Å². The minimum absolute atomic E-state index is 0.424. The molecule has 0 aromatic rings. The van der Waals surface area contributed by atoms with E-state index in [1.165, 1.54) is 0 Å². The molecule has 6 nitrogen and oxygen atoms in total. The molecule has 0 spiro atoms. The number of nitrogens with zero attached hydrogens (tertiary/aromatic N) is 1. The molecule has 1 unspecified atom stereocenters. The van der Waals surface area contributed by atoms with Gasteiger partial charge in [-0.1, -0.05) is 33.1 Å². The molecule has 0 aromatic carbocycles. The Kier molecular flexibility index (Phi) is 8.70. The van der Waals surface area contributed by atoms with Crippen molar-refractivity contribution in [3.63, 3.8) is 0 Å². The van der Waals surface area contributed by atoms with Crippen molar-refractivity contribution in [2.75, 3.05) is 19.7 Å². The van der Waals surface area contributed by atoms with Gasteiger partial charge in [-0.25, -0.2) is 0 Å². The zero-order valence-corrected chi connectivity index (χ0v) is 13.2. The van der Waals surface area contributed by atoms with E-state index in [0.717, 1.165) is 45.2 Å². The Morgan fingerprint density at radius 3 is 2.10 bits per heavy atom. The van der Waals surface area contributed by atoms with Gasteiger partial charge in [0.25, 0.3) is 0 Å². The van der Waals surface area contributed by atoms with E-state index in [4.69, 9.17) is 9.84 Å². The SMILES string of the molecule is CCCCCN(CCCC)[C@H]1C(O)O[C@H](CO)[C@@H](O)[C@@H]1O. The Morgan fingerprint density at radius 1 is 0.905 bits per heavy atom. The van der Waals surface area contributed by atoms with E-state index in [-0.39, 0.29) is 0 Å². The van der Waals surface area contributed by atoms with E-state index in [0.29, 0.717) is 0 Å². The van der Waals surface area contributed by atoms with Gasteiger partial charge in [-0.2, -0.15) is 0 Å². The van der Waals surface area contributed by atoms with E-state index in [1.807, 2.05) is 4.90 Å². The van der Waals surface area contributed by atoms with Gasteiger partial charge in [-0.3, -0.25) is 4.90 Å². The summed E-state index contributed by atoms with van der Waals surface area (Å²) in [5.41, 5.74) is 0. The van der Waals surface area contributed by atoms with E-state index in [9.17, 15) is 15.3 Å². The number of hydrogen-bond donors (Lipinski definition) is 4. The monoisotopic (exact) mass is 305 g/mol. The molecular weight excluding hydrogens is 274 g/mol. The number of rotatable bonds is 9. The number of ether oxygens (including phenoxy) is 1. The molecule has 0 amide bonds. The van der Waals surface area contributed by atoms with Crippen molar-refractivity contribution in [1.29, 1.82) is 0 Å². The lowest BCUT2D eigenvalue weighted by Crippen LogP contribution is -2.64. The smallest absolute Gasteiger partial charge is 0.173 e. The highest BCUT2D eigenvalue weighted by atomic mass is 16.6. The minimum Gasteiger partial charge on any atom is -0.394 e. The summed E-state index contributed by atoms with van der Waals surface area (Å²) in [6, 6.07) is -0.647. The van der Waals surface area contributed by atoms with Crippen LogP contribution in [-0.4, -0.2) is 75.7 Å². The van der Waals surface area contributed by atoms with E-state index in [1.54, 1.807) is 0 Å². The van der Waals surface area contributed by atoms with Gasteiger partial charge >= 0.3 is 0 Å². The molecule has 1 aliphatic rings. The van der Waals surface area contributed by atoms with Crippen molar-refractivity contribution in [2.45, 2.75) is 76.6 Å². The number of aliphatic hydroxyl groups is 4. The molecule has 1 aliphatic heterocycles. The maximum Gasteiger partial charge on any atom is 0.173 e. The average Bonchev–Trinajstić information content (AvgIpc) is 2.48. The van der Waals surface area contributed by atoms with Crippen molar-refractivity contribution in [3.05, 3.63) is 0 Å². The third kappa shape index (κ3) is 5.16. The molecule has 1 rings (SSSR count). The van der Waals surface area contributed by atoms with Crippen LogP contribution >= 0.6 is 0 Å². The first kappa shape index (κ1) is 18.8. The third-order valence-corrected chi connectivity index (χ3v) is 4.14. The molecule has 0 radical (unpaired) electrons. The van der Waals surface area contributed by atoms with E-state index in [2.05, 4.69) is 13.8 Å². The minimum atomic E-state index is -1.20. The Morgan fingerprint density at radius 2 is 1.52 bits per heavy atom. The standard InChI is InChI=1S/C15H31NO5/c1-3-5-7-9-16(8-6-4-2)12-14(19)13(18)11(10-17)21-15(12)20/h11-15,17-20H,3-10H2,1-2H3/t11-,12-,13-,14-,15?/m1/s1. The van der Waals surface area contributed by atoms with Gasteiger partial charge in [0.05, 0.1) is 12.6 Å². The van der Waals surface area contributed by atoms with Gasteiger partial charge in [0, 0.05) is 0 Å². The Hall–Kier alpha value is -0.240. The van der Waals surface area contributed by atoms with Gasteiger partial charge in [-0.05, 0) is 25.9 Å². The van der Waals surface area contributed by atoms with Crippen LogP contribution in [0.15, 0.2) is 0 Å². The summed E-state index contributed by atoms with van der Waals surface area (Å²) in [4.78, 5) is 2.01. The van der Waals surface area contributed by atoms with Crippen LogP contribution in [0.2, 0.25) is 0 Å². The highest BCUT2D eigenvalue weighted by Crippen LogP contribution is 2.24. The molecule has 4 N–H and O–H groups in total. The largest absolute Gasteiger partial charge is 0.394 e. The molecular formula is C15H31NO5. The highest BCUT2D eigenvalue weighted by molar-refractivity contribution is 4.94. The molecule has 21 heavy (non-hydrogen) atoms. The second-order valence-corrected chi connectivity index (χ2v) is 5.82. The van der Waals surface area contributed by atoms with Gasteiger partial charge in [0.1, 0.15) is 18.3 Å². The Balaban J connectivity index is 2.73. The number of hydrogen-bond acceptors (Lipinski definition) is 6. The van der Waals surface area contributed by atoms with Crippen molar-refractivity contribution >= 4 is 0 Å². The fourth-order valence-electron chi connectivity index (χ4n) is 2.81. The third-order valence-electron chi connectivity index (χ3n) is 4.14. The van der Waals surface area contributed by atoms with Gasteiger partial charge in [0.15, 0.2) is 6.29 Å². The summed E-state index contributed by atoms with van der Waals surface area (Å²) in [6.07, 6.45) is 0.716. The zero-order chi connectivity index (χ0) is 15.8. The molecule has 1 saturated heterocycles.